The van der Waals surface area contributed by atoms with Gasteiger partial charge in [0.2, 0.25) is 15.9 Å². The topological polar surface area (TPSA) is 60.9 Å². The van der Waals surface area contributed by atoms with E-state index in [1.165, 1.54) is 23.4 Å². The standard InChI is InChI=1S/C22H26FN3O3S/c1-16(27)26-13-8-17-6-7-21(15-22(17)26)30(28,29)24(2)19-9-11-25(12-10-19)20-5-3-4-18(23)14-20/h3-7,14-15,19H,8-13H2,1-2H3. The molecular weight excluding hydrogens is 405 g/mol. The minimum absolute atomic E-state index is 0.0821. The van der Waals surface area contributed by atoms with Crippen molar-refractivity contribution in [2.45, 2.75) is 37.1 Å². The number of rotatable bonds is 4. The van der Waals surface area contributed by atoms with Crippen molar-refractivity contribution >= 4 is 27.3 Å². The summed E-state index contributed by atoms with van der Waals surface area (Å²) in [5.74, 6) is -0.355. The summed E-state index contributed by atoms with van der Waals surface area (Å²) in [6.07, 6.45) is 2.07. The molecule has 0 aromatic heterocycles. The van der Waals surface area contributed by atoms with Gasteiger partial charge in [0.1, 0.15) is 5.82 Å². The van der Waals surface area contributed by atoms with E-state index in [0.29, 0.717) is 38.2 Å². The van der Waals surface area contributed by atoms with Crippen LogP contribution in [0.25, 0.3) is 0 Å². The van der Waals surface area contributed by atoms with Crippen molar-refractivity contribution in [1.82, 2.24) is 4.31 Å². The number of hydrogen-bond donors (Lipinski definition) is 0. The molecule has 1 saturated heterocycles. The van der Waals surface area contributed by atoms with Crippen molar-refractivity contribution in [1.29, 1.82) is 0 Å². The number of piperidine rings is 1. The van der Waals surface area contributed by atoms with Gasteiger partial charge >= 0.3 is 0 Å². The number of anilines is 2. The first-order valence-corrected chi connectivity index (χ1v) is 11.6. The third kappa shape index (κ3) is 3.81. The number of hydrogen-bond acceptors (Lipinski definition) is 4. The van der Waals surface area contributed by atoms with E-state index < -0.39 is 10.0 Å². The lowest BCUT2D eigenvalue weighted by Gasteiger charge is -2.37. The molecule has 2 aromatic rings. The summed E-state index contributed by atoms with van der Waals surface area (Å²) in [4.78, 5) is 15.8. The first-order chi connectivity index (χ1) is 14.3. The molecule has 2 heterocycles. The van der Waals surface area contributed by atoms with Gasteiger partial charge in [0, 0.05) is 51.0 Å². The van der Waals surface area contributed by atoms with Gasteiger partial charge < -0.3 is 9.80 Å². The summed E-state index contributed by atoms with van der Waals surface area (Å²) >= 11 is 0. The molecule has 0 saturated carbocycles. The number of amides is 1. The third-order valence-electron chi connectivity index (χ3n) is 6.16. The van der Waals surface area contributed by atoms with Gasteiger partial charge in [0.25, 0.3) is 0 Å². The number of fused-ring (bicyclic) bond motifs is 1. The lowest BCUT2D eigenvalue weighted by Crippen LogP contribution is -2.45. The molecule has 0 radical (unpaired) electrons. The fourth-order valence-corrected chi connectivity index (χ4v) is 5.81. The van der Waals surface area contributed by atoms with Gasteiger partial charge in [0.15, 0.2) is 0 Å². The molecule has 2 aliphatic heterocycles. The van der Waals surface area contributed by atoms with Crippen molar-refractivity contribution in [2.24, 2.45) is 0 Å². The second-order valence-corrected chi connectivity index (χ2v) is 9.93. The van der Waals surface area contributed by atoms with Crippen LogP contribution in [0.4, 0.5) is 15.8 Å². The number of carbonyl (C=O) groups is 1. The highest BCUT2D eigenvalue weighted by atomic mass is 32.2. The Morgan fingerprint density at radius 2 is 1.83 bits per heavy atom. The Morgan fingerprint density at radius 1 is 1.10 bits per heavy atom. The molecule has 0 spiro atoms. The molecule has 0 atom stereocenters. The molecule has 0 aliphatic carbocycles. The highest BCUT2D eigenvalue weighted by Crippen LogP contribution is 2.33. The second-order valence-electron chi connectivity index (χ2n) is 7.93. The third-order valence-corrected chi connectivity index (χ3v) is 8.07. The summed E-state index contributed by atoms with van der Waals surface area (Å²) in [5, 5.41) is 0. The zero-order valence-corrected chi connectivity index (χ0v) is 18.0. The number of sulfonamides is 1. The molecular formula is C22H26FN3O3S. The summed E-state index contributed by atoms with van der Waals surface area (Å²) in [6.45, 7) is 3.41. The number of halogens is 1. The summed E-state index contributed by atoms with van der Waals surface area (Å²) in [7, 11) is -2.06. The largest absolute Gasteiger partial charge is 0.371 e. The second kappa shape index (κ2) is 8.00. The van der Waals surface area contributed by atoms with Crippen LogP contribution >= 0.6 is 0 Å². The number of nitrogens with zero attached hydrogens (tertiary/aromatic N) is 3. The Kier molecular flexibility index (Phi) is 5.55. The van der Waals surface area contributed by atoms with E-state index >= 15 is 0 Å². The number of carbonyl (C=O) groups excluding carboxylic acids is 1. The normalized spacial score (nSPS) is 17.5. The fraction of sp³-hybridized carbons (Fsp3) is 0.409. The van der Waals surface area contributed by atoms with Crippen molar-refractivity contribution in [2.75, 3.05) is 36.5 Å². The quantitative estimate of drug-likeness (QED) is 0.747. The lowest BCUT2D eigenvalue weighted by atomic mass is 10.0. The molecule has 2 aromatic carbocycles. The molecule has 0 N–H and O–H groups in total. The van der Waals surface area contributed by atoms with E-state index in [1.807, 2.05) is 12.1 Å². The zero-order chi connectivity index (χ0) is 21.5. The maximum atomic E-state index is 13.5. The average Bonchev–Trinajstić information content (AvgIpc) is 3.17. The van der Waals surface area contributed by atoms with E-state index in [0.717, 1.165) is 17.7 Å². The van der Waals surface area contributed by atoms with Crippen LogP contribution in [0.3, 0.4) is 0 Å². The van der Waals surface area contributed by atoms with Gasteiger partial charge in [-0.2, -0.15) is 4.31 Å². The summed E-state index contributed by atoms with van der Waals surface area (Å²) in [5.41, 5.74) is 2.51. The highest BCUT2D eigenvalue weighted by molar-refractivity contribution is 7.89. The van der Waals surface area contributed by atoms with Crippen LogP contribution in [0.5, 0.6) is 0 Å². The van der Waals surface area contributed by atoms with Crippen LogP contribution in [0.2, 0.25) is 0 Å². The minimum Gasteiger partial charge on any atom is -0.371 e. The molecule has 2 aliphatic rings. The van der Waals surface area contributed by atoms with Crippen LogP contribution < -0.4 is 9.80 Å². The van der Waals surface area contributed by atoms with Crippen LogP contribution in [0, 0.1) is 5.82 Å². The summed E-state index contributed by atoms with van der Waals surface area (Å²) in [6, 6.07) is 11.4. The van der Waals surface area contributed by atoms with E-state index in [9.17, 15) is 17.6 Å². The van der Waals surface area contributed by atoms with Gasteiger partial charge in [-0.15, -0.1) is 0 Å². The predicted molar refractivity (Wildman–Crippen MR) is 115 cm³/mol. The molecule has 6 nitrogen and oxygen atoms in total. The van der Waals surface area contributed by atoms with Gasteiger partial charge in [-0.05, 0) is 55.2 Å². The molecule has 30 heavy (non-hydrogen) atoms. The van der Waals surface area contributed by atoms with Crippen molar-refractivity contribution in [3.05, 3.63) is 53.8 Å². The average molecular weight is 432 g/mol. The maximum Gasteiger partial charge on any atom is 0.243 e. The molecule has 4 rings (SSSR count). The SMILES string of the molecule is CC(=O)N1CCc2ccc(S(=O)(=O)N(C)C3CCN(c4cccc(F)c4)CC3)cc21. The first-order valence-electron chi connectivity index (χ1n) is 10.2. The Labute approximate surface area is 176 Å². The van der Waals surface area contributed by atoms with E-state index in [-0.39, 0.29) is 22.7 Å². The Balaban J connectivity index is 1.49. The number of benzene rings is 2. The molecule has 1 amide bonds. The smallest absolute Gasteiger partial charge is 0.243 e. The van der Waals surface area contributed by atoms with Crippen molar-refractivity contribution in [3.8, 4) is 0 Å². The Hall–Kier alpha value is -2.45. The van der Waals surface area contributed by atoms with Crippen LogP contribution in [-0.4, -0.2) is 51.4 Å². The van der Waals surface area contributed by atoms with E-state index in [4.69, 9.17) is 0 Å². The Morgan fingerprint density at radius 3 is 2.50 bits per heavy atom. The molecule has 1 fully saturated rings. The maximum absolute atomic E-state index is 13.5. The Bertz CT molecular complexity index is 1070. The molecule has 160 valence electrons. The van der Waals surface area contributed by atoms with Crippen LogP contribution in [0.15, 0.2) is 47.4 Å². The molecule has 0 bridgehead atoms. The lowest BCUT2D eigenvalue weighted by molar-refractivity contribution is -0.116. The van der Waals surface area contributed by atoms with Gasteiger partial charge in [-0.1, -0.05) is 12.1 Å². The van der Waals surface area contributed by atoms with Crippen LogP contribution in [-0.2, 0) is 21.2 Å². The van der Waals surface area contributed by atoms with E-state index in [2.05, 4.69) is 4.90 Å². The molecule has 8 heteroatoms. The zero-order valence-electron chi connectivity index (χ0n) is 17.2. The van der Waals surface area contributed by atoms with Crippen LogP contribution in [0.1, 0.15) is 25.3 Å². The highest BCUT2D eigenvalue weighted by Gasteiger charge is 2.32. The van der Waals surface area contributed by atoms with Gasteiger partial charge in [-0.3, -0.25) is 4.79 Å². The molecule has 0 unspecified atom stereocenters. The van der Waals surface area contributed by atoms with Gasteiger partial charge in [0.05, 0.1) is 4.90 Å². The predicted octanol–water partition coefficient (Wildman–Crippen LogP) is 3.02. The van der Waals surface area contributed by atoms with E-state index in [1.54, 1.807) is 30.1 Å². The first kappa shape index (κ1) is 20.8. The van der Waals surface area contributed by atoms with Crippen molar-refractivity contribution in [3.63, 3.8) is 0 Å². The van der Waals surface area contributed by atoms with Crippen molar-refractivity contribution < 1.29 is 17.6 Å². The van der Waals surface area contributed by atoms with Gasteiger partial charge in [-0.25, -0.2) is 12.8 Å². The summed E-state index contributed by atoms with van der Waals surface area (Å²) < 4.78 is 41.5. The monoisotopic (exact) mass is 431 g/mol. The fourth-order valence-electron chi connectivity index (χ4n) is 4.37. The minimum atomic E-state index is -3.68.